The first-order chi connectivity index (χ1) is 10.7. The zero-order valence-corrected chi connectivity index (χ0v) is 12.4. The van der Waals surface area contributed by atoms with Gasteiger partial charge in [-0.15, -0.1) is 10.2 Å². The van der Waals surface area contributed by atoms with Crippen molar-refractivity contribution in [2.45, 2.75) is 32.4 Å². The van der Waals surface area contributed by atoms with Crippen LogP contribution >= 0.6 is 0 Å². The van der Waals surface area contributed by atoms with Crippen molar-refractivity contribution < 1.29 is 4.79 Å². The lowest BCUT2D eigenvalue weighted by Crippen LogP contribution is -2.24. The molecule has 0 saturated heterocycles. The van der Waals surface area contributed by atoms with Crippen molar-refractivity contribution in [2.75, 3.05) is 0 Å². The molecular weight excluding hydrogens is 278 g/mol. The van der Waals surface area contributed by atoms with E-state index >= 15 is 0 Å². The third-order valence-electron chi connectivity index (χ3n) is 4.02. The van der Waals surface area contributed by atoms with E-state index in [0.29, 0.717) is 18.2 Å². The second kappa shape index (κ2) is 4.98. The molecule has 0 unspecified atom stereocenters. The van der Waals surface area contributed by atoms with Gasteiger partial charge in [-0.1, -0.05) is 6.07 Å². The summed E-state index contributed by atoms with van der Waals surface area (Å²) in [6.45, 7) is 2.36. The number of nitrogens with zero attached hydrogens (tertiary/aromatic N) is 4. The van der Waals surface area contributed by atoms with Crippen LogP contribution in [0.5, 0.6) is 0 Å². The van der Waals surface area contributed by atoms with Crippen LogP contribution < -0.4 is 5.32 Å². The van der Waals surface area contributed by atoms with Crippen LogP contribution in [-0.4, -0.2) is 25.1 Å². The Morgan fingerprint density at radius 1 is 1.36 bits per heavy atom. The molecule has 22 heavy (non-hydrogen) atoms. The number of pyridine rings is 1. The van der Waals surface area contributed by atoms with Crippen molar-refractivity contribution >= 4 is 11.4 Å². The van der Waals surface area contributed by atoms with Gasteiger partial charge in [0.15, 0.2) is 5.82 Å². The molecular formula is C16H17N5O. The minimum atomic E-state index is -0.0910. The van der Waals surface area contributed by atoms with Crippen LogP contribution in [0.15, 0.2) is 36.7 Å². The number of aromatic nitrogens is 4. The molecule has 6 heteroatoms. The molecule has 3 heterocycles. The van der Waals surface area contributed by atoms with Gasteiger partial charge in [0.2, 0.25) is 0 Å². The Morgan fingerprint density at radius 2 is 2.23 bits per heavy atom. The maximum absolute atomic E-state index is 12.3. The Hall–Kier alpha value is -2.63. The van der Waals surface area contributed by atoms with Gasteiger partial charge in [-0.05, 0) is 38.0 Å². The summed E-state index contributed by atoms with van der Waals surface area (Å²) in [5, 5.41) is 11.2. The molecule has 3 aromatic rings. The van der Waals surface area contributed by atoms with Crippen LogP contribution in [0.4, 0.5) is 0 Å². The Bertz CT molecular complexity index is 810. The smallest absolute Gasteiger partial charge is 0.253 e. The molecule has 0 bridgehead atoms. The van der Waals surface area contributed by atoms with E-state index in [-0.39, 0.29) is 5.91 Å². The lowest BCUT2D eigenvalue weighted by molar-refractivity contribution is 0.0949. The van der Waals surface area contributed by atoms with Gasteiger partial charge in [0.1, 0.15) is 5.82 Å². The summed E-state index contributed by atoms with van der Waals surface area (Å²) in [6.07, 6.45) is 6.11. The normalized spacial score (nSPS) is 14.4. The van der Waals surface area contributed by atoms with Gasteiger partial charge in [-0.2, -0.15) is 0 Å². The Balaban J connectivity index is 1.50. The fourth-order valence-corrected chi connectivity index (χ4v) is 2.78. The number of aryl methyl sites for hydroxylation is 1. The molecule has 1 aliphatic rings. The summed E-state index contributed by atoms with van der Waals surface area (Å²) < 4.78 is 4.07. The highest BCUT2D eigenvalue weighted by Gasteiger charge is 2.28. The largest absolute Gasteiger partial charge is 0.345 e. The van der Waals surface area contributed by atoms with Crippen molar-refractivity contribution in [2.24, 2.45) is 0 Å². The van der Waals surface area contributed by atoms with Crippen LogP contribution in [0, 0.1) is 6.92 Å². The van der Waals surface area contributed by atoms with E-state index < -0.39 is 0 Å². The summed E-state index contributed by atoms with van der Waals surface area (Å²) >= 11 is 0. The first-order valence-electron chi connectivity index (χ1n) is 7.48. The third kappa shape index (κ3) is 2.26. The Kier molecular flexibility index (Phi) is 2.96. The van der Waals surface area contributed by atoms with E-state index in [9.17, 15) is 4.79 Å². The van der Waals surface area contributed by atoms with Crippen LogP contribution in [0.1, 0.15) is 40.9 Å². The molecule has 1 N–H and O–H groups in total. The number of rotatable bonds is 4. The highest BCUT2D eigenvalue weighted by atomic mass is 16.1. The minimum absolute atomic E-state index is 0.0910. The average molecular weight is 295 g/mol. The zero-order valence-electron chi connectivity index (χ0n) is 12.4. The standard InChI is InChI=1S/C16H17N5O/c1-11-18-19-15(21(11)13-5-6-13)9-17-16(22)12-8-14-4-2-3-7-20(14)10-12/h2-4,7-8,10,13H,5-6,9H2,1H3,(H,17,22). The molecule has 0 atom stereocenters. The molecule has 1 aliphatic carbocycles. The van der Waals surface area contributed by atoms with Gasteiger partial charge in [-0.25, -0.2) is 0 Å². The van der Waals surface area contributed by atoms with Crippen molar-refractivity contribution in [3.05, 3.63) is 53.9 Å². The summed E-state index contributed by atoms with van der Waals surface area (Å²) in [6, 6.07) is 8.27. The number of nitrogens with one attached hydrogen (secondary N) is 1. The van der Waals surface area contributed by atoms with E-state index in [4.69, 9.17) is 0 Å². The summed E-state index contributed by atoms with van der Waals surface area (Å²) in [4.78, 5) is 12.3. The topological polar surface area (TPSA) is 64.2 Å². The highest BCUT2D eigenvalue weighted by Crippen LogP contribution is 2.36. The van der Waals surface area contributed by atoms with E-state index in [0.717, 1.165) is 17.2 Å². The molecule has 6 nitrogen and oxygen atoms in total. The third-order valence-corrected chi connectivity index (χ3v) is 4.02. The van der Waals surface area contributed by atoms with Crippen LogP contribution in [-0.2, 0) is 6.54 Å². The summed E-state index contributed by atoms with van der Waals surface area (Å²) in [5.41, 5.74) is 1.66. The molecule has 112 valence electrons. The van der Waals surface area contributed by atoms with Gasteiger partial charge in [0.05, 0.1) is 12.1 Å². The molecule has 0 aromatic carbocycles. The van der Waals surface area contributed by atoms with Crippen LogP contribution in [0.3, 0.4) is 0 Å². The van der Waals surface area contributed by atoms with Gasteiger partial charge in [0.25, 0.3) is 5.91 Å². The number of amides is 1. The van der Waals surface area contributed by atoms with Crippen LogP contribution in [0.2, 0.25) is 0 Å². The van der Waals surface area contributed by atoms with Crippen molar-refractivity contribution in [1.29, 1.82) is 0 Å². The van der Waals surface area contributed by atoms with Gasteiger partial charge >= 0.3 is 0 Å². The number of carbonyl (C=O) groups is 1. The highest BCUT2D eigenvalue weighted by molar-refractivity contribution is 5.95. The number of hydrogen-bond acceptors (Lipinski definition) is 3. The Labute approximate surface area is 127 Å². The number of fused-ring (bicyclic) bond motifs is 1. The second-order valence-corrected chi connectivity index (χ2v) is 5.71. The van der Waals surface area contributed by atoms with E-state index in [1.807, 2.05) is 48.0 Å². The second-order valence-electron chi connectivity index (χ2n) is 5.71. The minimum Gasteiger partial charge on any atom is -0.345 e. The fraction of sp³-hybridized carbons (Fsp3) is 0.312. The molecule has 1 fully saturated rings. The molecule has 1 amide bonds. The van der Waals surface area contributed by atoms with E-state index in [1.54, 1.807) is 0 Å². The van der Waals surface area contributed by atoms with Gasteiger partial charge < -0.3 is 14.3 Å². The fourth-order valence-electron chi connectivity index (χ4n) is 2.78. The first-order valence-corrected chi connectivity index (χ1v) is 7.48. The predicted molar refractivity (Wildman–Crippen MR) is 81.6 cm³/mol. The maximum Gasteiger partial charge on any atom is 0.253 e. The summed E-state index contributed by atoms with van der Waals surface area (Å²) in [7, 11) is 0. The quantitative estimate of drug-likeness (QED) is 0.801. The van der Waals surface area contributed by atoms with Crippen molar-refractivity contribution in [1.82, 2.24) is 24.5 Å². The molecule has 3 aromatic heterocycles. The van der Waals surface area contributed by atoms with E-state index in [2.05, 4.69) is 20.1 Å². The molecule has 0 spiro atoms. The SMILES string of the molecule is Cc1nnc(CNC(=O)c2cc3ccccn3c2)n1C1CC1. The van der Waals surface area contributed by atoms with Crippen molar-refractivity contribution in [3.63, 3.8) is 0 Å². The summed E-state index contributed by atoms with van der Waals surface area (Å²) in [5.74, 6) is 1.66. The lowest BCUT2D eigenvalue weighted by atomic mass is 10.3. The average Bonchev–Trinajstić information content (AvgIpc) is 3.15. The predicted octanol–water partition coefficient (Wildman–Crippen LogP) is 2.10. The van der Waals surface area contributed by atoms with Gasteiger partial charge in [0, 0.05) is 24.0 Å². The van der Waals surface area contributed by atoms with Crippen LogP contribution in [0.25, 0.3) is 5.52 Å². The number of hydrogen-bond donors (Lipinski definition) is 1. The van der Waals surface area contributed by atoms with Gasteiger partial charge in [-0.3, -0.25) is 4.79 Å². The monoisotopic (exact) mass is 295 g/mol. The Morgan fingerprint density at radius 3 is 3.00 bits per heavy atom. The lowest BCUT2D eigenvalue weighted by Gasteiger charge is -2.07. The molecule has 0 radical (unpaired) electrons. The number of carbonyl (C=O) groups excluding carboxylic acids is 1. The zero-order chi connectivity index (χ0) is 15.1. The van der Waals surface area contributed by atoms with E-state index in [1.165, 1.54) is 12.8 Å². The van der Waals surface area contributed by atoms with Crippen molar-refractivity contribution in [3.8, 4) is 0 Å². The molecule has 1 saturated carbocycles. The maximum atomic E-state index is 12.3. The molecule has 4 rings (SSSR count). The first kappa shape index (κ1) is 13.1. The molecule has 0 aliphatic heterocycles.